The maximum absolute atomic E-state index is 12.5. The molecular weight excluding hydrogens is 346 g/mol. The Morgan fingerprint density at radius 3 is 2.52 bits per heavy atom. The molecule has 1 aromatic carbocycles. The Bertz CT molecular complexity index is 765. The van der Waals surface area contributed by atoms with E-state index in [9.17, 15) is 9.59 Å². The maximum Gasteiger partial charge on any atom is 0.267 e. The summed E-state index contributed by atoms with van der Waals surface area (Å²) in [5.41, 5.74) is 0.539. The van der Waals surface area contributed by atoms with E-state index in [1.165, 1.54) is 12.3 Å². The van der Waals surface area contributed by atoms with E-state index < -0.39 is 0 Å². The lowest BCUT2D eigenvalue weighted by Crippen LogP contribution is -2.36. The minimum atomic E-state index is -0.390. The molecule has 0 atom stereocenters. The van der Waals surface area contributed by atoms with E-state index in [0.717, 1.165) is 13.0 Å². The van der Waals surface area contributed by atoms with Crippen LogP contribution in [0.5, 0.6) is 5.75 Å². The Labute approximate surface area is 159 Å². The molecule has 2 aromatic rings. The summed E-state index contributed by atoms with van der Waals surface area (Å²) in [5.74, 6) is 0.367. The van der Waals surface area contributed by atoms with Gasteiger partial charge in [-0.25, -0.2) is 0 Å². The molecule has 0 spiro atoms. The summed E-state index contributed by atoms with van der Waals surface area (Å²) >= 11 is 0. The molecule has 2 N–H and O–H groups in total. The zero-order valence-corrected chi connectivity index (χ0v) is 15.8. The Morgan fingerprint density at radius 2 is 1.93 bits per heavy atom. The summed E-state index contributed by atoms with van der Waals surface area (Å²) in [6.07, 6.45) is 3.81. The van der Waals surface area contributed by atoms with Crippen molar-refractivity contribution in [3.05, 3.63) is 59.7 Å². The fraction of sp³-hybridized carbons (Fsp3) is 0.300. The zero-order valence-electron chi connectivity index (χ0n) is 15.8. The SMILES string of the molecule is COc1ccc(C(=O)N/C(=C\c2ccco2)C(=O)NCCCN(C)C)cc1. The van der Waals surface area contributed by atoms with Gasteiger partial charge in [-0.3, -0.25) is 9.59 Å². The third-order valence-corrected chi connectivity index (χ3v) is 3.74. The second kappa shape index (κ2) is 10.2. The van der Waals surface area contributed by atoms with E-state index in [1.807, 2.05) is 19.0 Å². The van der Waals surface area contributed by atoms with E-state index in [0.29, 0.717) is 23.6 Å². The molecule has 2 amide bonds. The fourth-order valence-electron chi connectivity index (χ4n) is 2.30. The zero-order chi connectivity index (χ0) is 19.6. The molecule has 0 unspecified atom stereocenters. The third kappa shape index (κ3) is 6.63. The molecule has 0 saturated carbocycles. The van der Waals surface area contributed by atoms with Gasteiger partial charge in [0, 0.05) is 18.2 Å². The molecule has 7 nitrogen and oxygen atoms in total. The highest BCUT2D eigenvalue weighted by Crippen LogP contribution is 2.12. The van der Waals surface area contributed by atoms with Crippen LogP contribution in [0.25, 0.3) is 6.08 Å². The summed E-state index contributed by atoms with van der Waals surface area (Å²) in [6.45, 7) is 1.36. The number of hydrogen-bond acceptors (Lipinski definition) is 5. The van der Waals surface area contributed by atoms with Gasteiger partial charge in [0.1, 0.15) is 17.2 Å². The highest BCUT2D eigenvalue weighted by Gasteiger charge is 2.15. The van der Waals surface area contributed by atoms with Crippen LogP contribution in [0.4, 0.5) is 0 Å². The van der Waals surface area contributed by atoms with Gasteiger partial charge in [0.2, 0.25) is 0 Å². The molecule has 0 aliphatic heterocycles. The molecule has 144 valence electrons. The first-order valence-electron chi connectivity index (χ1n) is 8.63. The van der Waals surface area contributed by atoms with Gasteiger partial charge in [-0.05, 0) is 63.5 Å². The lowest BCUT2D eigenvalue weighted by Gasteiger charge is -2.12. The lowest BCUT2D eigenvalue weighted by molar-refractivity contribution is -0.117. The van der Waals surface area contributed by atoms with Gasteiger partial charge in [0.05, 0.1) is 13.4 Å². The van der Waals surface area contributed by atoms with Gasteiger partial charge in [0.25, 0.3) is 11.8 Å². The number of nitrogens with one attached hydrogen (secondary N) is 2. The van der Waals surface area contributed by atoms with Crippen molar-refractivity contribution in [1.29, 1.82) is 0 Å². The highest BCUT2D eigenvalue weighted by atomic mass is 16.5. The number of ether oxygens (including phenoxy) is 1. The number of rotatable bonds is 9. The summed E-state index contributed by atoms with van der Waals surface area (Å²) in [7, 11) is 5.50. The van der Waals surface area contributed by atoms with Crippen LogP contribution in [0.3, 0.4) is 0 Å². The van der Waals surface area contributed by atoms with Crippen LogP contribution in [0.15, 0.2) is 52.8 Å². The Hall–Kier alpha value is -3.06. The topological polar surface area (TPSA) is 83.8 Å². The van der Waals surface area contributed by atoms with E-state index in [-0.39, 0.29) is 17.5 Å². The minimum absolute atomic E-state index is 0.121. The van der Waals surface area contributed by atoms with Crippen LogP contribution >= 0.6 is 0 Å². The number of nitrogens with zero attached hydrogens (tertiary/aromatic N) is 1. The number of amides is 2. The molecule has 0 aliphatic rings. The van der Waals surface area contributed by atoms with Gasteiger partial charge in [-0.1, -0.05) is 0 Å². The van der Waals surface area contributed by atoms with Crippen LogP contribution < -0.4 is 15.4 Å². The number of benzene rings is 1. The van der Waals surface area contributed by atoms with E-state index in [4.69, 9.17) is 9.15 Å². The van der Waals surface area contributed by atoms with Crippen LogP contribution in [0, 0.1) is 0 Å². The van der Waals surface area contributed by atoms with Crippen molar-refractivity contribution in [2.45, 2.75) is 6.42 Å². The quantitative estimate of drug-likeness (QED) is 0.521. The van der Waals surface area contributed by atoms with Gasteiger partial charge in [0.15, 0.2) is 0 Å². The molecule has 0 aliphatic carbocycles. The highest BCUT2D eigenvalue weighted by molar-refractivity contribution is 6.05. The third-order valence-electron chi connectivity index (χ3n) is 3.74. The molecule has 1 heterocycles. The first-order valence-corrected chi connectivity index (χ1v) is 8.63. The molecule has 0 saturated heterocycles. The monoisotopic (exact) mass is 371 g/mol. The summed E-state index contributed by atoms with van der Waals surface area (Å²) in [6, 6.07) is 10.1. The number of hydrogen-bond donors (Lipinski definition) is 2. The molecule has 1 aromatic heterocycles. The second-order valence-corrected chi connectivity index (χ2v) is 6.17. The first-order chi connectivity index (χ1) is 13.0. The number of methoxy groups -OCH3 is 1. The van der Waals surface area contributed by atoms with Crippen LogP contribution in [0.1, 0.15) is 22.5 Å². The second-order valence-electron chi connectivity index (χ2n) is 6.17. The molecular formula is C20H25N3O4. The number of carbonyl (C=O) groups excluding carboxylic acids is 2. The Morgan fingerprint density at radius 1 is 1.19 bits per heavy atom. The molecule has 27 heavy (non-hydrogen) atoms. The average molecular weight is 371 g/mol. The van der Waals surface area contributed by atoms with E-state index in [2.05, 4.69) is 10.6 Å². The number of furan rings is 1. The molecule has 2 rings (SSSR count). The largest absolute Gasteiger partial charge is 0.497 e. The lowest BCUT2D eigenvalue weighted by atomic mass is 10.2. The molecule has 0 bridgehead atoms. The summed E-state index contributed by atoms with van der Waals surface area (Å²) in [4.78, 5) is 27.0. The summed E-state index contributed by atoms with van der Waals surface area (Å²) < 4.78 is 10.3. The van der Waals surface area contributed by atoms with Crippen LogP contribution in [-0.2, 0) is 4.79 Å². The van der Waals surface area contributed by atoms with Gasteiger partial charge < -0.3 is 24.7 Å². The van der Waals surface area contributed by atoms with Crippen molar-refractivity contribution < 1.29 is 18.7 Å². The van der Waals surface area contributed by atoms with Gasteiger partial charge >= 0.3 is 0 Å². The molecule has 7 heteroatoms. The Kier molecular flexibility index (Phi) is 7.63. The van der Waals surface area contributed by atoms with Crippen molar-refractivity contribution >= 4 is 17.9 Å². The molecule has 0 radical (unpaired) electrons. The maximum atomic E-state index is 12.5. The van der Waals surface area contributed by atoms with Crippen molar-refractivity contribution in [1.82, 2.24) is 15.5 Å². The van der Waals surface area contributed by atoms with Gasteiger partial charge in [-0.2, -0.15) is 0 Å². The van der Waals surface area contributed by atoms with Crippen molar-refractivity contribution in [3.8, 4) is 5.75 Å². The average Bonchev–Trinajstić information content (AvgIpc) is 3.17. The minimum Gasteiger partial charge on any atom is -0.497 e. The van der Waals surface area contributed by atoms with Gasteiger partial charge in [-0.15, -0.1) is 0 Å². The predicted octanol–water partition coefficient (Wildman–Crippen LogP) is 2.13. The normalized spacial score (nSPS) is 11.3. The molecule has 0 fully saturated rings. The van der Waals surface area contributed by atoms with Crippen molar-refractivity contribution in [2.24, 2.45) is 0 Å². The first kappa shape index (κ1) is 20.3. The standard InChI is InChI=1S/C20H25N3O4/c1-23(2)12-5-11-21-20(25)18(14-17-6-4-13-27-17)22-19(24)15-7-9-16(26-3)10-8-15/h4,6-10,13-14H,5,11-12H2,1-3H3,(H,21,25)(H,22,24)/b18-14-. The van der Waals surface area contributed by atoms with E-state index in [1.54, 1.807) is 43.5 Å². The smallest absolute Gasteiger partial charge is 0.267 e. The van der Waals surface area contributed by atoms with Crippen molar-refractivity contribution in [2.75, 3.05) is 34.3 Å². The van der Waals surface area contributed by atoms with Crippen LogP contribution in [0.2, 0.25) is 0 Å². The fourth-order valence-corrected chi connectivity index (χ4v) is 2.30. The van der Waals surface area contributed by atoms with Crippen molar-refractivity contribution in [3.63, 3.8) is 0 Å². The number of carbonyl (C=O) groups is 2. The van der Waals surface area contributed by atoms with Crippen LogP contribution in [-0.4, -0.2) is 51.0 Å². The summed E-state index contributed by atoms with van der Waals surface area (Å²) in [5, 5.41) is 5.47. The Balaban J connectivity index is 2.07. The predicted molar refractivity (Wildman–Crippen MR) is 103 cm³/mol. The van der Waals surface area contributed by atoms with E-state index >= 15 is 0 Å².